The van der Waals surface area contributed by atoms with Crippen molar-refractivity contribution in [2.45, 2.75) is 18.9 Å². The molecule has 0 unspecified atom stereocenters. The van der Waals surface area contributed by atoms with Crippen molar-refractivity contribution in [1.29, 1.82) is 0 Å². The van der Waals surface area contributed by atoms with Crippen molar-refractivity contribution >= 4 is 19.9 Å². The Morgan fingerprint density at radius 1 is 1.50 bits per heavy atom. The van der Waals surface area contributed by atoms with Crippen LogP contribution in [0.5, 0.6) is 0 Å². The molecule has 1 aromatic heterocycles. The van der Waals surface area contributed by atoms with Crippen LogP contribution in [0.25, 0.3) is 0 Å². The molecule has 0 amide bonds. The molecule has 78 valence electrons. The molecular weight excluding hydrogens is 216 g/mol. The zero-order valence-corrected chi connectivity index (χ0v) is 8.08. The van der Waals surface area contributed by atoms with Gasteiger partial charge in [0.05, 0.1) is 0 Å². The minimum atomic E-state index is -5.87. The van der Waals surface area contributed by atoms with E-state index in [1.807, 2.05) is 0 Å². The Morgan fingerprint density at radius 3 is 2.57 bits per heavy atom. The van der Waals surface area contributed by atoms with Gasteiger partial charge >= 0.3 is 77.7 Å². The van der Waals surface area contributed by atoms with Crippen molar-refractivity contribution in [2.75, 3.05) is 0 Å². The fraction of sp³-hybridized carbons (Fsp3) is 0.429. The van der Waals surface area contributed by atoms with Crippen molar-refractivity contribution in [3.8, 4) is 0 Å². The van der Waals surface area contributed by atoms with Crippen LogP contribution in [0.3, 0.4) is 0 Å². The third kappa shape index (κ3) is 1.66. The number of hydrogen-bond acceptors (Lipinski definition) is 2. The molecule has 3 nitrogen and oxygen atoms in total. The maximum absolute atomic E-state index is 12.3. The number of carbonyl (C=O) groups excluding carboxylic acids is 1. The quantitative estimate of drug-likeness (QED) is 0.581. The van der Waals surface area contributed by atoms with Gasteiger partial charge in [-0.15, -0.1) is 0 Å². The average molecular weight is 224 g/mol. The Labute approximate surface area is 78.6 Å². The van der Waals surface area contributed by atoms with E-state index in [2.05, 4.69) is 5.10 Å². The predicted molar refractivity (Wildman–Crippen MR) is 47.2 cm³/mol. The van der Waals surface area contributed by atoms with Gasteiger partial charge in [0.2, 0.25) is 0 Å². The molecule has 0 spiro atoms. The van der Waals surface area contributed by atoms with Gasteiger partial charge in [0.15, 0.2) is 0 Å². The molecule has 1 heterocycles. The molecule has 1 fully saturated rings. The SMILES string of the molecule is O=Cc1cc([PH](F)(F)F)nn1C1CC1. The first-order valence-electron chi connectivity index (χ1n) is 4.14. The van der Waals surface area contributed by atoms with E-state index in [4.69, 9.17) is 0 Å². The zero-order valence-electron chi connectivity index (χ0n) is 7.08. The van der Waals surface area contributed by atoms with Crippen molar-refractivity contribution in [3.05, 3.63) is 11.8 Å². The normalized spacial score (nSPS) is 18.2. The van der Waals surface area contributed by atoms with E-state index in [1.165, 1.54) is 4.68 Å². The van der Waals surface area contributed by atoms with Gasteiger partial charge in [0, 0.05) is 0 Å². The van der Waals surface area contributed by atoms with E-state index in [1.54, 1.807) is 0 Å². The molecule has 0 bridgehead atoms. The van der Waals surface area contributed by atoms with E-state index in [0.29, 0.717) is 6.29 Å². The van der Waals surface area contributed by atoms with E-state index in [-0.39, 0.29) is 11.7 Å². The van der Waals surface area contributed by atoms with Crippen LogP contribution < -0.4 is 5.44 Å². The van der Waals surface area contributed by atoms with E-state index in [9.17, 15) is 17.4 Å². The number of nitrogens with zero attached hydrogens (tertiary/aromatic N) is 2. The summed E-state index contributed by atoms with van der Waals surface area (Å²) in [6, 6.07) is 0.845. The summed E-state index contributed by atoms with van der Waals surface area (Å²) in [5.41, 5.74) is -0.821. The summed E-state index contributed by atoms with van der Waals surface area (Å²) in [5.74, 6) is 0. The third-order valence-corrected chi connectivity index (χ3v) is 2.89. The third-order valence-electron chi connectivity index (χ3n) is 2.07. The van der Waals surface area contributed by atoms with Crippen LogP contribution in [0.4, 0.5) is 12.6 Å². The fourth-order valence-corrected chi connectivity index (χ4v) is 1.78. The molecule has 14 heavy (non-hydrogen) atoms. The van der Waals surface area contributed by atoms with Gasteiger partial charge in [0.25, 0.3) is 0 Å². The van der Waals surface area contributed by atoms with Gasteiger partial charge < -0.3 is 0 Å². The summed E-state index contributed by atoms with van der Waals surface area (Å²) >= 11 is 0. The average Bonchev–Trinajstić information content (AvgIpc) is 2.82. The van der Waals surface area contributed by atoms with Gasteiger partial charge in [-0.2, -0.15) is 0 Å². The van der Waals surface area contributed by atoms with Crippen LogP contribution >= 0.6 is 8.19 Å². The molecule has 1 saturated carbocycles. The minimum absolute atomic E-state index is 0.000278. The number of carbonyl (C=O) groups is 1. The summed E-state index contributed by atoms with van der Waals surface area (Å²) in [4.78, 5) is 10.5. The van der Waals surface area contributed by atoms with Crippen LogP contribution in [-0.4, -0.2) is 16.1 Å². The molecule has 0 aliphatic heterocycles. The number of halogens is 3. The second-order valence-corrected chi connectivity index (χ2v) is 4.75. The molecule has 0 atom stereocenters. The fourth-order valence-electron chi connectivity index (χ4n) is 1.25. The number of aldehydes is 1. The topological polar surface area (TPSA) is 34.9 Å². The zero-order chi connectivity index (χ0) is 10.3. The van der Waals surface area contributed by atoms with E-state index in [0.717, 1.165) is 18.9 Å². The Hall–Kier alpha value is -0.900. The molecular formula is C7H8F3N2OP. The van der Waals surface area contributed by atoms with Crippen molar-refractivity contribution in [2.24, 2.45) is 0 Å². The molecule has 0 saturated heterocycles. The maximum atomic E-state index is 12.3. The van der Waals surface area contributed by atoms with Crippen LogP contribution in [0, 0.1) is 0 Å². The van der Waals surface area contributed by atoms with Crippen molar-refractivity contribution in [1.82, 2.24) is 9.78 Å². The Morgan fingerprint density at radius 2 is 2.14 bits per heavy atom. The number of hydrogen-bond donors (Lipinski definition) is 0. The predicted octanol–water partition coefficient (Wildman–Crippen LogP) is 2.06. The molecule has 0 N–H and O–H groups in total. The first kappa shape index (κ1) is 9.65. The van der Waals surface area contributed by atoms with E-state index >= 15 is 0 Å². The molecule has 2 rings (SSSR count). The van der Waals surface area contributed by atoms with E-state index < -0.39 is 13.6 Å². The number of aromatic nitrogens is 2. The Kier molecular flexibility index (Phi) is 2.10. The van der Waals surface area contributed by atoms with Crippen LogP contribution in [0.2, 0.25) is 0 Å². The molecule has 7 heteroatoms. The van der Waals surface area contributed by atoms with Crippen LogP contribution in [0.15, 0.2) is 6.07 Å². The van der Waals surface area contributed by atoms with Gasteiger partial charge in [-0.1, -0.05) is 0 Å². The molecule has 1 aliphatic rings. The standard InChI is InChI=1S/C7H8F3N2OP/c8-14(9,10)7-3-6(4-13)12(11-7)5-1-2-5/h3-5,14H,1-2H2. The first-order valence-corrected chi connectivity index (χ1v) is 5.77. The van der Waals surface area contributed by atoms with Crippen molar-refractivity contribution < 1.29 is 17.4 Å². The number of rotatable bonds is 3. The summed E-state index contributed by atoms with van der Waals surface area (Å²) in [5, 5.41) is 3.44. The van der Waals surface area contributed by atoms with Gasteiger partial charge in [-0.25, -0.2) is 0 Å². The second kappa shape index (κ2) is 3.05. The molecule has 1 aliphatic carbocycles. The van der Waals surface area contributed by atoms with Gasteiger partial charge in [-0.3, -0.25) is 0 Å². The Balaban J connectivity index is 2.40. The molecule has 1 aromatic rings. The summed E-state index contributed by atoms with van der Waals surface area (Å²) in [6.07, 6.45) is 2.04. The summed E-state index contributed by atoms with van der Waals surface area (Å²) in [6.45, 7) is 0. The van der Waals surface area contributed by atoms with Crippen LogP contribution in [0.1, 0.15) is 29.4 Å². The Bertz CT molecular complexity index is 370. The monoisotopic (exact) mass is 224 g/mol. The second-order valence-electron chi connectivity index (χ2n) is 3.25. The van der Waals surface area contributed by atoms with Gasteiger partial charge in [0.1, 0.15) is 0 Å². The summed E-state index contributed by atoms with van der Waals surface area (Å²) < 4.78 is 38.2. The molecule has 0 aromatic carbocycles. The first-order chi connectivity index (χ1) is 6.52. The summed E-state index contributed by atoms with van der Waals surface area (Å²) in [7, 11) is -5.87. The van der Waals surface area contributed by atoms with Crippen LogP contribution in [-0.2, 0) is 0 Å². The molecule has 0 radical (unpaired) electrons. The van der Waals surface area contributed by atoms with Crippen molar-refractivity contribution in [3.63, 3.8) is 0 Å². The van der Waals surface area contributed by atoms with Gasteiger partial charge in [-0.05, 0) is 0 Å².